The molecule has 0 spiro atoms. The number of methoxy groups -OCH3 is 1. The Morgan fingerprint density at radius 3 is 2.50 bits per heavy atom. The van der Waals surface area contributed by atoms with E-state index >= 15 is 0 Å². The van der Waals surface area contributed by atoms with Crippen molar-refractivity contribution in [2.24, 2.45) is 0 Å². The van der Waals surface area contributed by atoms with Crippen molar-refractivity contribution in [3.8, 4) is 0 Å². The Labute approximate surface area is 125 Å². The standard InChI is InChI=1S/C14H13N3O5/c1-8-6-11(17-22-8)16-13(19)12(18)15-10-5-3-4-9(7-10)14(20)21-2/h3-7H,1-2H3,(H,15,18)(H,16,17,19). The van der Waals surface area contributed by atoms with Crippen molar-refractivity contribution in [1.29, 1.82) is 0 Å². The summed E-state index contributed by atoms with van der Waals surface area (Å²) in [4.78, 5) is 34.9. The predicted molar refractivity (Wildman–Crippen MR) is 76.3 cm³/mol. The predicted octanol–water partition coefficient (Wildman–Crippen LogP) is 1.35. The van der Waals surface area contributed by atoms with E-state index in [-0.39, 0.29) is 11.4 Å². The van der Waals surface area contributed by atoms with E-state index in [4.69, 9.17) is 4.52 Å². The number of hydrogen-bond donors (Lipinski definition) is 2. The lowest BCUT2D eigenvalue weighted by Gasteiger charge is -2.06. The summed E-state index contributed by atoms with van der Waals surface area (Å²) in [6, 6.07) is 7.50. The molecule has 0 bridgehead atoms. The number of aromatic nitrogens is 1. The summed E-state index contributed by atoms with van der Waals surface area (Å²) in [5.74, 6) is -1.71. The largest absolute Gasteiger partial charge is 0.465 e. The molecule has 1 aromatic carbocycles. The third-order valence-corrected chi connectivity index (χ3v) is 2.62. The quantitative estimate of drug-likeness (QED) is 0.654. The van der Waals surface area contributed by atoms with Gasteiger partial charge < -0.3 is 14.6 Å². The van der Waals surface area contributed by atoms with Gasteiger partial charge in [0.1, 0.15) is 5.76 Å². The van der Waals surface area contributed by atoms with E-state index in [9.17, 15) is 14.4 Å². The van der Waals surface area contributed by atoms with Crippen molar-refractivity contribution in [2.75, 3.05) is 17.7 Å². The average Bonchev–Trinajstić information content (AvgIpc) is 2.91. The minimum atomic E-state index is -0.906. The van der Waals surface area contributed by atoms with Gasteiger partial charge in [0.15, 0.2) is 5.82 Å². The van der Waals surface area contributed by atoms with Gasteiger partial charge in [-0.25, -0.2) is 4.79 Å². The molecule has 0 aliphatic rings. The van der Waals surface area contributed by atoms with Gasteiger partial charge >= 0.3 is 17.8 Å². The second kappa shape index (κ2) is 6.53. The van der Waals surface area contributed by atoms with E-state index in [1.165, 1.54) is 31.4 Å². The smallest absolute Gasteiger partial charge is 0.337 e. The van der Waals surface area contributed by atoms with Crippen LogP contribution in [0.25, 0.3) is 0 Å². The second-order valence-electron chi connectivity index (χ2n) is 4.30. The summed E-state index contributed by atoms with van der Waals surface area (Å²) >= 11 is 0. The van der Waals surface area contributed by atoms with Gasteiger partial charge in [-0.15, -0.1) is 0 Å². The highest BCUT2D eigenvalue weighted by molar-refractivity contribution is 6.43. The van der Waals surface area contributed by atoms with Crippen LogP contribution >= 0.6 is 0 Å². The highest BCUT2D eigenvalue weighted by Gasteiger charge is 2.16. The molecule has 8 heteroatoms. The molecule has 0 fully saturated rings. The van der Waals surface area contributed by atoms with E-state index in [1.54, 1.807) is 13.0 Å². The molecule has 2 aromatic rings. The second-order valence-corrected chi connectivity index (χ2v) is 4.30. The molecule has 2 rings (SSSR count). The minimum absolute atomic E-state index is 0.140. The SMILES string of the molecule is COC(=O)c1cccc(NC(=O)C(=O)Nc2cc(C)on2)c1. The van der Waals surface area contributed by atoms with Gasteiger partial charge in [0.2, 0.25) is 0 Å². The zero-order chi connectivity index (χ0) is 16.1. The van der Waals surface area contributed by atoms with Crippen molar-refractivity contribution in [2.45, 2.75) is 6.92 Å². The molecule has 0 saturated heterocycles. The van der Waals surface area contributed by atoms with Gasteiger partial charge in [-0.1, -0.05) is 11.2 Å². The fraction of sp³-hybridized carbons (Fsp3) is 0.143. The van der Waals surface area contributed by atoms with Crippen molar-refractivity contribution in [3.63, 3.8) is 0 Å². The maximum absolute atomic E-state index is 11.8. The molecule has 8 nitrogen and oxygen atoms in total. The van der Waals surface area contributed by atoms with Crippen LogP contribution in [-0.4, -0.2) is 30.1 Å². The maximum atomic E-state index is 11.8. The van der Waals surface area contributed by atoms with Gasteiger partial charge in [-0.05, 0) is 25.1 Å². The number of carbonyl (C=O) groups excluding carboxylic acids is 3. The number of hydrogen-bond acceptors (Lipinski definition) is 6. The van der Waals surface area contributed by atoms with Crippen LogP contribution < -0.4 is 10.6 Å². The Morgan fingerprint density at radius 2 is 1.86 bits per heavy atom. The number of esters is 1. The average molecular weight is 303 g/mol. The van der Waals surface area contributed by atoms with Crippen LogP contribution in [0.3, 0.4) is 0 Å². The molecule has 0 unspecified atom stereocenters. The van der Waals surface area contributed by atoms with Crippen LogP contribution in [0.4, 0.5) is 11.5 Å². The molecule has 1 aromatic heterocycles. The molecule has 1 heterocycles. The molecular weight excluding hydrogens is 290 g/mol. The Hall–Kier alpha value is -3.16. The normalized spacial score (nSPS) is 9.91. The molecule has 0 atom stereocenters. The van der Waals surface area contributed by atoms with Crippen LogP contribution in [0.15, 0.2) is 34.9 Å². The van der Waals surface area contributed by atoms with E-state index < -0.39 is 17.8 Å². The number of amides is 2. The molecule has 114 valence electrons. The third kappa shape index (κ3) is 3.69. The monoisotopic (exact) mass is 303 g/mol. The van der Waals surface area contributed by atoms with Crippen molar-refractivity contribution in [3.05, 3.63) is 41.7 Å². The molecular formula is C14H13N3O5. The first-order valence-corrected chi connectivity index (χ1v) is 6.23. The summed E-state index contributed by atoms with van der Waals surface area (Å²) in [7, 11) is 1.25. The topological polar surface area (TPSA) is 111 Å². The fourth-order valence-electron chi connectivity index (χ4n) is 1.63. The number of nitrogens with zero attached hydrogens (tertiary/aromatic N) is 1. The maximum Gasteiger partial charge on any atom is 0.337 e. The number of benzene rings is 1. The van der Waals surface area contributed by atoms with Crippen LogP contribution in [0.1, 0.15) is 16.1 Å². The Bertz CT molecular complexity index is 723. The lowest BCUT2D eigenvalue weighted by molar-refractivity contribution is -0.133. The Balaban J connectivity index is 2.02. The Kier molecular flexibility index (Phi) is 4.52. The highest BCUT2D eigenvalue weighted by atomic mass is 16.5. The number of carbonyl (C=O) groups is 3. The molecule has 0 aliphatic carbocycles. The zero-order valence-electron chi connectivity index (χ0n) is 11.9. The van der Waals surface area contributed by atoms with Crippen molar-refractivity contribution >= 4 is 29.3 Å². The highest BCUT2D eigenvalue weighted by Crippen LogP contribution is 2.12. The lowest BCUT2D eigenvalue weighted by atomic mass is 10.2. The van der Waals surface area contributed by atoms with Crippen molar-refractivity contribution in [1.82, 2.24) is 5.16 Å². The number of anilines is 2. The third-order valence-electron chi connectivity index (χ3n) is 2.62. The van der Waals surface area contributed by atoms with Crippen LogP contribution in [0.5, 0.6) is 0 Å². The summed E-state index contributed by atoms with van der Waals surface area (Å²) in [6.07, 6.45) is 0. The first-order chi connectivity index (χ1) is 10.5. The van der Waals surface area contributed by atoms with Gasteiger partial charge in [0.05, 0.1) is 12.7 Å². The molecule has 0 saturated carbocycles. The molecule has 0 radical (unpaired) electrons. The summed E-state index contributed by atoms with van der Waals surface area (Å²) in [5.41, 5.74) is 0.548. The van der Waals surface area contributed by atoms with E-state index in [0.717, 1.165) is 0 Å². The van der Waals surface area contributed by atoms with E-state index in [1.807, 2.05) is 0 Å². The summed E-state index contributed by atoms with van der Waals surface area (Å²) in [5, 5.41) is 8.20. The van der Waals surface area contributed by atoms with Crippen LogP contribution in [0.2, 0.25) is 0 Å². The Morgan fingerprint density at radius 1 is 1.14 bits per heavy atom. The van der Waals surface area contributed by atoms with Gasteiger partial charge in [-0.3, -0.25) is 14.9 Å². The lowest BCUT2D eigenvalue weighted by Crippen LogP contribution is -2.29. The van der Waals surface area contributed by atoms with Gasteiger partial charge in [-0.2, -0.15) is 0 Å². The van der Waals surface area contributed by atoms with E-state index in [2.05, 4.69) is 20.5 Å². The molecule has 22 heavy (non-hydrogen) atoms. The zero-order valence-corrected chi connectivity index (χ0v) is 11.9. The number of ether oxygens (including phenoxy) is 1. The minimum Gasteiger partial charge on any atom is -0.465 e. The fourth-order valence-corrected chi connectivity index (χ4v) is 1.63. The molecule has 2 amide bonds. The van der Waals surface area contributed by atoms with Crippen molar-refractivity contribution < 1.29 is 23.6 Å². The number of nitrogens with one attached hydrogen (secondary N) is 2. The number of rotatable bonds is 3. The first-order valence-electron chi connectivity index (χ1n) is 6.23. The van der Waals surface area contributed by atoms with Crippen LogP contribution in [0, 0.1) is 6.92 Å². The van der Waals surface area contributed by atoms with Gasteiger partial charge in [0.25, 0.3) is 0 Å². The van der Waals surface area contributed by atoms with E-state index in [0.29, 0.717) is 11.4 Å². The summed E-state index contributed by atoms with van der Waals surface area (Å²) in [6.45, 7) is 1.65. The molecule has 0 aliphatic heterocycles. The summed E-state index contributed by atoms with van der Waals surface area (Å²) < 4.78 is 9.35. The van der Waals surface area contributed by atoms with Gasteiger partial charge in [0, 0.05) is 11.8 Å². The molecule has 2 N–H and O–H groups in total. The first kappa shape index (κ1) is 15.2. The van der Waals surface area contributed by atoms with Crippen LogP contribution in [-0.2, 0) is 14.3 Å². The number of aryl methyl sites for hydroxylation is 1.